The lowest BCUT2D eigenvalue weighted by molar-refractivity contribution is -0.129. The third-order valence-electron chi connectivity index (χ3n) is 3.84. The lowest BCUT2D eigenvalue weighted by Gasteiger charge is -2.21. The largest absolute Gasteiger partial charge is 0.497 e. The molecule has 0 bridgehead atoms. The number of carbonyl (C=O) groups excluding carboxylic acids is 2. The summed E-state index contributed by atoms with van der Waals surface area (Å²) in [4.78, 5) is 25.4. The number of benzene rings is 2. The van der Waals surface area contributed by atoms with Gasteiger partial charge in [0, 0.05) is 25.6 Å². The van der Waals surface area contributed by atoms with Crippen LogP contribution in [0.15, 0.2) is 54.6 Å². The van der Waals surface area contributed by atoms with Gasteiger partial charge >= 0.3 is 0 Å². The molecule has 0 aliphatic carbocycles. The normalized spacial score (nSPS) is 10.1. The fourth-order valence-electron chi connectivity index (χ4n) is 2.37. The first kappa shape index (κ1) is 19.3. The summed E-state index contributed by atoms with van der Waals surface area (Å²) in [7, 11) is 1.61. The molecule has 6 nitrogen and oxygen atoms in total. The molecule has 0 atom stereocenters. The number of amides is 2. The van der Waals surface area contributed by atoms with Gasteiger partial charge in [-0.3, -0.25) is 9.59 Å². The summed E-state index contributed by atoms with van der Waals surface area (Å²) in [5, 5.41) is 2.82. The van der Waals surface area contributed by atoms with Gasteiger partial charge < -0.3 is 19.7 Å². The maximum atomic E-state index is 12.0. The minimum atomic E-state index is -0.149. The van der Waals surface area contributed by atoms with E-state index in [0.29, 0.717) is 37.6 Å². The molecule has 0 unspecified atom stereocenters. The van der Waals surface area contributed by atoms with E-state index < -0.39 is 0 Å². The molecule has 0 radical (unpaired) electrons. The summed E-state index contributed by atoms with van der Waals surface area (Å²) in [6, 6.07) is 16.3. The van der Waals surface area contributed by atoms with E-state index in [0.717, 1.165) is 5.75 Å². The molecule has 0 heterocycles. The topological polar surface area (TPSA) is 67.9 Å². The Morgan fingerprint density at radius 1 is 0.962 bits per heavy atom. The Labute approximate surface area is 153 Å². The molecule has 0 spiro atoms. The smallest absolute Gasteiger partial charge is 0.251 e. The highest BCUT2D eigenvalue weighted by atomic mass is 16.5. The molecule has 2 aromatic rings. The molecule has 0 aliphatic heterocycles. The SMILES string of the molecule is COc1ccc(OCCN(CCNC(=O)c2ccccc2)C(C)=O)cc1. The van der Waals surface area contributed by atoms with Crippen molar-refractivity contribution in [3.63, 3.8) is 0 Å². The van der Waals surface area contributed by atoms with Gasteiger partial charge in [-0.05, 0) is 36.4 Å². The molecular weight excluding hydrogens is 332 g/mol. The van der Waals surface area contributed by atoms with Gasteiger partial charge in [0.05, 0.1) is 13.7 Å². The molecule has 0 saturated carbocycles. The number of methoxy groups -OCH3 is 1. The van der Waals surface area contributed by atoms with Gasteiger partial charge in [0.25, 0.3) is 5.91 Å². The van der Waals surface area contributed by atoms with Gasteiger partial charge in [-0.2, -0.15) is 0 Å². The first-order valence-electron chi connectivity index (χ1n) is 8.46. The summed E-state index contributed by atoms with van der Waals surface area (Å²) in [5.41, 5.74) is 0.602. The molecule has 6 heteroatoms. The highest BCUT2D eigenvalue weighted by Crippen LogP contribution is 2.16. The van der Waals surface area contributed by atoms with E-state index in [1.165, 1.54) is 6.92 Å². The highest BCUT2D eigenvalue weighted by molar-refractivity contribution is 5.94. The van der Waals surface area contributed by atoms with E-state index in [2.05, 4.69) is 5.32 Å². The van der Waals surface area contributed by atoms with Crippen LogP contribution in [0.25, 0.3) is 0 Å². The van der Waals surface area contributed by atoms with Crippen LogP contribution in [0.3, 0.4) is 0 Å². The summed E-state index contributed by atoms with van der Waals surface area (Å²) >= 11 is 0. The van der Waals surface area contributed by atoms with E-state index in [4.69, 9.17) is 9.47 Å². The Morgan fingerprint density at radius 2 is 1.62 bits per heavy atom. The first-order valence-corrected chi connectivity index (χ1v) is 8.46. The third-order valence-corrected chi connectivity index (χ3v) is 3.84. The van der Waals surface area contributed by atoms with E-state index in [-0.39, 0.29) is 11.8 Å². The molecule has 0 aliphatic rings. The second-order valence-electron chi connectivity index (χ2n) is 5.65. The number of hydrogen-bond donors (Lipinski definition) is 1. The van der Waals surface area contributed by atoms with Crippen molar-refractivity contribution in [2.24, 2.45) is 0 Å². The van der Waals surface area contributed by atoms with Crippen LogP contribution in [0.5, 0.6) is 11.5 Å². The molecule has 26 heavy (non-hydrogen) atoms. The maximum Gasteiger partial charge on any atom is 0.251 e. The lowest BCUT2D eigenvalue weighted by atomic mass is 10.2. The van der Waals surface area contributed by atoms with Crippen molar-refractivity contribution in [2.75, 3.05) is 33.4 Å². The van der Waals surface area contributed by atoms with E-state index >= 15 is 0 Å². The highest BCUT2D eigenvalue weighted by Gasteiger charge is 2.10. The van der Waals surface area contributed by atoms with E-state index in [1.807, 2.05) is 42.5 Å². The van der Waals surface area contributed by atoms with Gasteiger partial charge in [-0.25, -0.2) is 0 Å². The van der Waals surface area contributed by atoms with Crippen molar-refractivity contribution >= 4 is 11.8 Å². The predicted octanol–water partition coefficient (Wildman–Crippen LogP) is 2.35. The summed E-state index contributed by atoms with van der Waals surface area (Å²) in [6.45, 7) is 3.14. The van der Waals surface area contributed by atoms with Crippen LogP contribution in [0.1, 0.15) is 17.3 Å². The van der Waals surface area contributed by atoms with E-state index in [1.54, 1.807) is 24.1 Å². The minimum Gasteiger partial charge on any atom is -0.497 e. The summed E-state index contributed by atoms with van der Waals surface area (Å²) < 4.78 is 10.7. The molecule has 1 N–H and O–H groups in total. The van der Waals surface area contributed by atoms with Gasteiger partial charge in [0.2, 0.25) is 5.91 Å². The molecule has 2 amide bonds. The van der Waals surface area contributed by atoms with Crippen molar-refractivity contribution in [1.82, 2.24) is 10.2 Å². The van der Waals surface area contributed by atoms with Crippen LogP contribution < -0.4 is 14.8 Å². The average molecular weight is 356 g/mol. The van der Waals surface area contributed by atoms with Gasteiger partial charge in [0.1, 0.15) is 18.1 Å². The monoisotopic (exact) mass is 356 g/mol. The van der Waals surface area contributed by atoms with Crippen LogP contribution in [0, 0.1) is 0 Å². The van der Waals surface area contributed by atoms with Crippen LogP contribution in [-0.2, 0) is 4.79 Å². The van der Waals surface area contributed by atoms with Crippen molar-refractivity contribution in [1.29, 1.82) is 0 Å². The molecule has 2 rings (SSSR count). The fourth-order valence-corrected chi connectivity index (χ4v) is 2.37. The molecule has 0 fully saturated rings. The summed E-state index contributed by atoms with van der Waals surface area (Å²) in [6.07, 6.45) is 0. The van der Waals surface area contributed by atoms with Crippen LogP contribution in [-0.4, -0.2) is 50.1 Å². The van der Waals surface area contributed by atoms with E-state index in [9.17, 15) is 9.59 Å². The Bertz CT molecular complexity index is 702. The Kier molecular flexibility index (Phi) is 7.49. The number of nitrogens with one attached hydrogen (secondary N) is 1. The number of carbonyl (C=O) groups is 2. The van der Waals surface area contributed by atoms with Gasteiger partial charge in [-0.1, -0.05) is 18.2 Å². The Morgan fingerprint density at radius 3 is 2.23 bits per heavy atom. The van der Waals surface area contributed by atoms with Crippen LogP contribution in [0.4, 0.5) is 0 Å². The van der Waals surface area contributed by atoms with Crippen LogP contribution in [0.2, 0.25) is 0 Å². The second kappa shape index (κ2) is 10.1. The Hall–Kier alpha value is -3.02. The quantitative estimate of drug-likeness (QED) is 0.749. The standard InChI is InChI=1S/C20H24N2O4/c1-16(23)22(13-12-21-20(24)17-6-4-3-5-7-17)14-15-26-19-10-8-18(25-2)9-11-19/h3-11H,12-15H2,1-2H3,(H,21,24). The average Bonchev–Trinajstić information content (AvgIpc) is 2.67. The van der Waals surface area contributed by atoms with Crippen LogP contribution >= 0.6 is 0 Å². The molecule has 2 aromatic carbocycles. The van der Waals surface area contributed by atoms with Crippen molar-refractivity contribution in [2.45, 2.75) is 6.92 Å². The van der Waals surface area contributed by atoms with Gasteiger partial charge in [0.15, 0.2) is 0 Å². The molecule has 0 aromatic heterocycles. The number of nitrogens with zero attached hydrogens (tertiary/aromatic N) is 1. The van der Waals surface area contributed by atoms with Crippen molar-refractivity contribution in [3.05, 3.63) is 60.2 Å². The van der Waals surface area contributed by atoms with Crippen molar-refractivity contribution < 1.29 is 19.1 Å². The molecular formula is C20H24N2O4. The van der Waals surface area contributed by atoms with Gasteiger partial charge in [-0.15, -0.1) is 0 Å². The number of rotatable bonds is 9. The zero-order chi connectivity index (χ0) is 18.8. The maximum absolute atomic E-state index is 12.0. The molecule has 0 saturated heterocycles. The zero-order valence-corrected chi connectivity index (χ0v) is 15.1. The second-order valence-corrected chi connectivity index (χ2v) is 5.65. The zero-order valence-electron chi connectivity index (χ0n) is 15.1. The fraction of sp³-hybridized carbons (Fsp3) is 0.300. The Balaban J connectivity index is 1.74. The minimum absolute atomic E-state index is 0.0581. The number of hydrogen-bond acceptors (Lipinski definition) is 4. The van der Waals surface area contributed by atoms with Crippen molar-refractivity contribution in [3.8, 4) is 11.5 Å². The third kappa shape index (κ3) is 6.12. The molecule has 138 valence electrons. The predicted molar refractivity (Wildman–Crippen MR) is 99.5 cm³/mol. The lowest BCUT2D eigenvalue weighted by Crippen LogP contribution is -2.39. The number of ether oxygens (including phenoxy) is 2. The first-order chi connectivity index (χ1) is 12.6. The summed E-state index contributed by atoms with van der Waals surface area (Å²) in [5.74, 6) is 1.27.